The molecular weight excluding hydrogens is 206 g/mol. The predicted molar refractivity (Wildman–Crippen MR) is 78.6 cm³/mol. The van der Waals surface area contributed by atoms with Crippen LogP contribution in [0.5, 0.6) is 0 Å². The molecule has 1 aromatic rings. The maximum atomic E-state index is 4.64. The molecule has 0 aliphatic rings. The number of aliphatic imine (C=N–C) groups is 1. The largest absolute Gasteiger partial charge is 0.258 e. The zero-order valence-corrected chi connectivity index (χ0v) is 12.0. The molecule has 0 radical (unpaired) electrons. The first kappa shape index (κ1) is 15.6. The van der Waals surface area contributed by atoms with Gasteiger partial charge in [0.25, 0.3) is 0 Å². The van der Waals surface area contributed by atoms with Crippen molar-refractivity contribution in [2.75, 3.05) is 0 Å². The number of rotatable bonds is 3. The highest BCUT2D eigenvalue weighted by Gasteiger charge is 2.07. The molecule has 1 aromatic carbocycles. The van der Waals surface area contributed by atoms with Crippen LogP contribution >= 0.6 is 0 Å². The first-order valence-electron chi connectivity index (χ1n) is 6.42. The first-order chi connectivity index (χ1) is 8.15. The molecule has 0 fully saturated rings. The molecule has 0 saturated carbocycles. The number of hydrogen-bond donors (Lipinski definition) is 0. The van der Waals surface area contributed by atoms with Crippen LogP contribution in [-0.4, -0.2) is 5.71 Å². The third-order valence-electron chi connectivity index (χ3n) is 2.33. The van der Waals surface area contributed by atoms with Crippen molar-refractivity contribution < 1.29 is 0 Å². The quantitative estimate of drug-likeness (QED) is 0.643. The normalized spacial score (nSPS) is 12.2. The summed E-state index contributed by atoms with van der Waals surface area (Å²) in [6, 6.07) is 10.4. The van der Waals surface area contributed by atoms with Crippen LogP contribution in [0.1, 0.15) is 47.1 Å². The molecule has 17 heavy (non-hydrogen) atoms. The van der Waals surface area contributed by atoms with Crippen LogP contribution in [0.15, 0.2) is 47.1 Å². The Bertz CT molecular complexity index is 358. The fourth-order valence-corrected chi connectivity index (χ4v) is 1.39. The molecule has 0 aromatic heterocycles. The lowest BCUT2D eigenvalue weighted by atomic mass is 10.00. The third kappa shape index (κ3) is 5.48. The van der Waals surface area contributed by atoms with E-state index in [4.69, 9.17) is 0 Å². The van der Waals surface area contributed by atoms with Crippen molar-refractivity contribution in [1.82, 2.24) is 0 Å². The van der Waals surface area contributed by atoms with Crippen molar-refractivity contribution in [2.45, 2.75) is 41.5 Å². The molecular formula is C16H25N. The van der Waals surface area contributed by atoms with E-state index in [0.717, 1.165) is 11.4 Å². The van der Waals surface area contributed by atoms with Crippen molar-refractivity contribution in [3.8, 4) is 0 Å². The highest BCUT2D eigenvalue weighted by atomic mass is 14.8. The van der Waals surface area contributed by atoms with Crippen LogP contribution in [0.25, 0.3) is 0 Å². The van der Waals surface area contributed by atoms with E-state index in [1.54, 1.807) is 0 Å². The van der Waals surface area contributed by atoms with E-state index in [-0.39, 0.29) is 0 Å². The Balaban J connectivity index is 0.00000121. The summed E-state index contributed by atoms with van der Waals surface area (Å²) in [5, 5.41) is 0. The van der Waals surface area contributed by atoms with Gasteiger partial charge in [-0.2, -0.15) is 0 Å². The van der Waals surface area contributed by atoms with Gasteiger partial charge in [-0.05, 0) is 25.3 Å². The van der Waals surface area contributed by atoms with Crippen LogP contribution in [0.2, 0.25) is 0 Å². The van der Waals surface area contributed by atoms with E-state index in [0.29, 0.717) is 5.92 Å². The Morgan fingerprint density at radius 2 is 1.65 bits per heavy atom. The van der Waals surface area contributed by atoms with Gasteiger partial charge < -0.3 is 0 Å². The number of hydrogen-bond acceptors (Lipinski definition) is 1. The summed E-state index contributed by atoms with van der Waals surface area (Å²) >= 11 is 0. The molecule has 1 heteroatoms. The van der Waals surface area contributed by atoms with E-state index in [1.807, 2.05) is 39.8 Å². The van der Waals surface area contributed by atoms with Crippen molar-refractivity contribution >= 4 is 5.71 Å². The lowest BCUT2D eigenvalue weighted by Gasteiger charge is -2.10. The molecule has 0 spiro atoms. The zero-order valence-electron chi connectivity index (χ0n) is 12.0. The second-order valence-electron chi connectivity index (χ2n) is 3.95. The number of allylic oxidation sites excluding steroid dienone is 2. The van der Waals surface area contributed by atoms with Gasteiger partial charge in [0.1, 0.15) is 0 Å². The van der Waals surface area contributed by atoms with E-state index >= 15 is 0 Å². The number of nitrogens with zero attached hydrogens (tertiary/aromatic N) is 1. The molecule has 94 valence electrons. The topological polar surface area (TPSA) is 12.4 Å². The van der Waals surface area contributed by atoms with Gasteiger partial charge in [-0.25, -0.2) is 0 Å². The summed E-state index contributed by atoms with van der Waals surface area (Å²) in [6.07, 6.45) is 2.03. The average molecular weight is 231 g/mol. The number of benzene rings is 1. The molecule has 1 rings (SSSR count). The van der Waals surface area contributed by atoms with Gasteiger partial charge >= 0.3 is 0 Å². The highest BCUT2D eigenvalue weighted by molar-refractivity contribution is 6.02. The van der Waals surface area contributed by atoms with Gasteiger partial charge in [0.15, 0.2) is 0 Å². The van der Waals surface area contributed by atoms with Gasteiger partial charge in [-0.3, -0.25) is 4.99 Å². The summed E-state index contributed by atoms with van der Waals surface area (Å²) in [5.74, 6) is 0.447. The minimum Gasteiger partial charge on any atom is -0.258 e. The minimum atomic E-state index is 0.447. The van der Waals surface area contributed by atoms with E-state index < -0.39 is 0 Å². The zero-order chi connectivity index (χ0) is 13.3. The van der Waals surface area contributed by atoms with Crippen molar-refractivity contribution in [2.24, 2.45) is 10.9 Å². The molecule has 0 amide bonds. The SMILES string of the molecule is C/C=C(/C)N=C(c1ccccc1)C(C)C.CC. The van der Waals surface area contributed by atoms with Gasteiger partial charge in [-0.15, -0.1) is 0 Å². The predicted octanol–water partition coefficient (Wildman–Crippen LogP) is 5.08. The van der Waals surface area contributed by atoms with E-state index in [9.17, 15) is 0 Å². The molecule has 0 N–H and O–H groups in total. The van der Waals surface area contributed by atoms with Crippen LogP contribution in [0, 0.1) is 5.92 Å². The minimum absolute atomic E-state index is 0.447. The van der Waals surface area contributed by atoms with Gasteiger partial charge in [0.2, 0.25) is 0 Å². The maximum absolute atomic E-state index is 4.64. The Labute approximate surface area is 106 Å². The van der Waals surface area contributed by atoms with Gasteiger partial charge in [0, 0.05) is 5.70 Å². The fraction of sp³-hybridized carbons (Fsp3) is 0.438. The second kappa shape index (κ2) is 8.74. The van der Waals surface area contributed by atoms with Crippen molar-refractivity contribution in [1.29, 1.82) is 0 Å². The van der Waals surface area contributed by atoms with Crippen LogP contribution in [0.3, 0.4) is 0 Å². The summed E-state index contributed by atoms with van der Waals surface area (Å²) in [7, 11) is 0. The van der Waals surface area contributed by atoms with Gasteiger partial charge in [0.05, 0.1) is 5.71 Å². The Morgan fingerprint density at radius 1 is 1.12 bits per heavy atom. The molecule has 0 atom stereocenters. The second-order valence-corrected chi connectivity index (χ2v) is 3.95. The van der Waals surface area contributed by atoms with Crippen molar-refractivity contribution in [3.63, 3.8) is 0 Å². The molecule has 1 nitrogen and oxygen atoms in total. The smallest absolute Gasteiger partial charge is 0.0504 e. The molecule has 0 aliphatic heterocycles. The Kier molecular flexibility index (Phi) is 8.04. The molecule has 0 unspecified atom stereocenters. The van der Waals surface area contributed by atoms with Crippen LogP contribution < -0.4 is 0 Å². The van der Waals surface area contributed by atoms with E-state index in [2.05, 4.69) is 43.1 Å². The summed E-state index contributed by atoms with van der Waals surface area (Å²) in [6.45, 7) is 12.4. The molecule has 0 heterocycles. The summed E-state index contributed by atoms with van der Waals surface area (Å²) in [4.78, 5) is 4.64. The van der Waals surface area contributed by atoms with Crippen LogP contribution in [-0.2, 0) is 0 Å². The maximum Gasteiger partial charge on any atom is 0.0504 e. The van der Waals surface area contributed by atoms with Crippen molar-refractivity contribution in [3.05, 3.63) is 47.7 Å². The van der Waals surface area contributed by atoms with E-state index in [1.165, 1.54) is 5.56 Å². The summed E-state index contributed by atoms with van der Waals surface area (Å²) in [5.41, 5.74) is 3.45. The lowest BCUT2D eigenvalue weighted by molar-refractivity contribution is 0.881. The van der Waals surface area contributed by atoms with Crippen LogP contribution in [0.4, 0.5) is 0 Å². The third-order valence-corrected chi connectivity index (χ3v) is 2.33. The summed E-state index contributed by atoms with van der Waals surface area (Å²) < 4.78 is 0. The molecule has 0 aliphatic carbocycles. The lowest BCUT2D eigenvalue weighted by Crippen LogP contribution is -2.09. The standard InChI is InChI=1S/C14H19N.C2H6/c1-5-12(4)15-14(11(2)3)13-9-7-6-8-10-13;1-2/h5-11H,1-4H3;1-2H3/b12-5-,15-14?;. The monoisotopic (exact) mass is 231 g/mol. The fourth-order valence-electron chi connectivity index (χ4n) is 1.39. The Morgan fingerprint density at radius 3 is 2.06 bits per heavy atom. The average Bonchev–Trinajstić information content (AvgIpc) is 2.38. The highest BCUT2D eigenvalue weighted by Crippen LogP contribution is 2.12. The first-order valence-corrected chi connectivity index (χ1v) is 6.42. The molecule has 0 bridgehead atoms. The Hall–Kier alpha value is -1.37. The molecule has 0 saturated heterocycles. The van der Waals surface area contributed by atoms with Gasteiger partial charge in [-0.1, -0.05) is 64.1 Å².